The number of nitrogens with two attached hydrogens (primary N) is 2. The normalized spacial score (nSPS) is 10.8. The van der Waals surface area contributed by atoms with Gasteiger partial charge in [0.25, 0.3) is 5.91 Å². The molecule has 3 aromatic heterocycles. The first-order chi connectivity index (χ1) is 9.58. The van der Waals surface area contributed by atoms with Crippen LogP contribution in [0.25, 0.3) is 21.6 Å². The maximum Gasteiger partial charge on any atom is 0.260 e. The number of nitrogens with zero attached hydrogens (tertiary/aromatic N) is 3. The van der Waals surface area contributed by atoms with Gasteiger partial charge in [-0.3, -0.25) is 9.78 Å². The fraction of sp³-hybridized carbons (Fsp3) is 0.0769. The number of hydrogen-bond acceptors (Lipinski definition) is 6. The molecule has 1 amide bonds. The molecule has 4 N–H and O–H groups in total. The van der Waals surface area contributed by atoms with Gasteiger partial charge in [0.2, 0.25) is 0 Å². The Morgan fingerprint density at radius 2 is 1.95 bits per heavy atom. The van der Waals surface area contributed by atoms with Crippen molar-refractivity contribution in [2.75, 3.05) is 5.73 Å². The number of nitrogen functional groups attached to an aromatic ring is 1. The molecule has 100 valence electrons. The van der Waals surface area contributed by atoms with Crippen molar-refractivity contribution in [2.24, 2.45) is 5.73 Å². The maximum atomic E-state index is 11.4. The second kappa shape index (κ2) is 4.53. The Morgan fingerprint density at radius 1 is 1.25 bits per heavy atom. The Labute approximate surface area is 118 Å². The van der Waals surface area contributed by atoms with E-state index in [0.717, 1.165) is 11.3 Å². The van der Waals surface area contributed by atoms with Crippen LogP contribution in [-0.2, 0) is 0 Å². The van der Waals surface area contributed by atoms with E-state index in [1.54, 1.807) is 12.4 Å². The van der Waals surface area contributed by atoms with Crippen LogP contribution in [-0.4, -0.2) is 20.9 Å². The monoisotopic (exact) mass is 285 g/mol. The third kappa shape index (κ3) is 1.88. The number of hydrogen-bond donors (Lipinski definition) is 2. The highest BCUT2D eigenvalue weighted by molar-refractivity contribution is 7.21. The van der Waals surface area contributed by atoms with Crippen LogP contribution < -0.4 is 11.5 Å². The molecular weight excluding hydrogens is 274 g/mol. The number of carbonyl (C=O) groups excluding carboxylic acids is 1. The molecule has 6 nitrogen and oxygen atoms in total. The summed E-state index contributed by atoms with van der Waals surface area (Å²) in [6.45, 7) is 1.84. The minimum Gasteiger partial charge on any atom is -0.397 e. The summed E-state index contributed by atoms with van der Waals surface area (Å²) < 4.78 is 0. The fourth-order valence-electron chi connectivity index (χ4n) is 2.01. The molecule has 0 bridgehead atoms. The van der Waals surface area contributed by atoms with Gasteiger partial charge in [-0.05, 0) is 19.1 Å². The number of primary amides is 1. The Balaban J connectivity index is 2.28. The smallest absolute Gasteiger partial charge is 0.260 e. The van der Waals surface area contributed by atoms with E-state index in [2.05, 4.69) is 15.0 Å². The quantitative estimate of drug-likeness (QED) is 0.745. The molecule has 0 unspecified atom stereocenters. The van der Waals surface area contributed by atoms with E-state index in [-0.39, 0.29) is 0 Å². The largest absolute Gasteiger partial charge is 0.397 e. The highest BCUT2D eigenvalue weighted by atomic mass is 32.1. The molecule has 7 heteroatoms. The zero-order valence-corrected chi connectivity index (χ0v) is 11.4. The second-order valence-corrected chi connectivity index (χ2v) is 5.26. The summed E-state index contributed by atoms with van der Waals surface area (Å²) in [5, 5.41) is 0.696. The number of anilines is 1. The van der Waals surface area contributed by atoms with E-state index in [4.69, 9.17) is 11.5 Å². The lowest BCUT2D eigenvalue weighted by molar-refractivity contribution is 0.100. The molecule has 0 spiro atoms. The van der Waals surface area contributed by atoms with Crippen LogP contribution in [0.15, 0.2) is 24.5 Å². The fourth-order valence-corrected chi connectivity index (χ4v) is 3.01. The number of amides is 1. The molecular formula is C13H11N5OS. The number of thiophene rings is 1. The summed E-state index contributed by atoms with van der Waals surface area (Å²) >= 11 is 1.19. The van der Waals surface area contributed by atoms with Gasteiger partial charge in [-0.2, -0.15) is 0 Å². The van der Waals surface area contributed by atoms with E-state index >= 15 is 0 Å². The number of pyridine rings is 1. The third-order valence-electron chi connectivity index (χ3n) is 2.93. The van der Waals surface area contributed by atoms with Crippen molar-refractivity contribution in [1.29, 1.82) is 0 Å². The van der Waals surface area contributed by atoms with Crippen molar-refractivity contribution in [3.63, 3.8) is 0 Å². The summed E-state index contributed by atoms with van der Waals surface area (Å²) in [5.74, 6) is 0.0324. The van der Waals surface area contributed by atoms with Gasteiger partial charge in [0, 0.05) is 18.0 Å². The molecule has 20 heavy (non-hydrogen) atoms. The predicted molar refractivity (Wildman–Crippen MR) is 78.3 cm³/mol. The van der Waals surface area contributed by atoms with Crippen molar-refractivity contribution < 1.29 is 4.79 Å². The molecule has 0 saturated carbocycles. The molecule has 0 fully saturated rings. The van der Waals surface area contributed by atoms with Crippen LogP contribution in [0.3, 0.4) is 0 Å². The highest BCUT2D eigenvalue weighted by Gasteiger charge is 2.18. The molecule has 0 saturated heterocycles. The van der Waals surface area contributed by atoms with Crippen molar-refractivity contribution in [2.45, 2.75) is 6.92 Å². The van der Waals surface area contributed by atoms with Crippen LogP contribution in [0.5, 0.6) is 0 Å². The summed E-state index contributed by atoms with van der Waals surface area (Å²) in [6.07, 6.45) is 3.35. The molecule has 0 aliphatic rings. The van der Waals surface area contributed by atoms with Gasteiger partial charge in [0.15, 0.2) is 5.82 Å². The lowest BCUT2D eigenvalue weighted by Crippen LogP contribution is -2.10. The number of aryl methyl sites for hydroxylation is 1. The van der Waals surface area contributed by atoms with Gasteiger partial charge in [0.05, 0.1) is 16.8 Å². The third-order valence-corrected chi connectivity index (χ3v) is 4.05. The molecule has 0 radical (unpaired) electrons. The SMILES string of the molecule is Cc1nc(-c2ccncc2)nc2sc(C(N)=O)c(N)c12. The van der Waals surface area contributed by atoms with Crippen LogP contribution >= 0.6 is 11.3 Å². The molecule has 0 aliphatic carbocycles. The van der Waals surface area contributed by atoms with Crippen LogP contribution in [0, 0.1) is 6.92 Å². The Hall–Kier alpha value is -2.54. The average Bonchev–Trinajstić information content (AvgIpc) is 2.77. The standard InChI is InChI=1S/C13H11N5OS/c1-6-8-9(14)10(11(15)19)20-13(8)18-12(17-6)7-2-4-16-5-3-7/h2-5H,14H2,1H3,(H2,15,19). The van der Waals surface area contributed by atoms with Gasteiger partial charge in [-0.25, -0.2) is 9.97 Å². The summed E-state index contributed by atoms with van der Waals surface area (Å²) in [5.41, 5.74) is 13.2. The molecule has 0 atom stereocenters. The van der Waals surface area contributed by atoms with E-state index < -0.39 is 5.91 Å². The molecule has 3 rings (SSSR count). The van der Waals surface area contributed by atoms with E-state index in [0.29, 0.717) is 26.6 Å². The van der Waals surface area contributed by atoms with Crippen molar-refractivity contribution in [3.8, 4) is 11.4 Å². The predicted octanol–water partition coefficient (Wildman–Crippen LogP) is 1.74. The van der Waals surface area contributed by atoms with E-state index in [1.807, 2.05) is 19.1 Å². The molecule has 0 aliphatic heterocycles. The first-order valence-corrected chi connectivity index (χ1v) is 6.66. The molecule has 3 heterocycles. The lowest BCUT2D eigenvalue weighted by Gasteiger charge is -2.02. The van der Waals surface area contributed by atoms with Gasteiger partial charge >= 0.3 is 0 Å². The zero-order valence-electron chi connectivity index (χ0n) is 10.6. The Morgan fingerprint density at radius 3 is 2.60 bits per heavy atom. The maximum absolute atomic E-state index is 11.4. The van der Waals surface area contributed by atoms with Gasteiger partial charge < -0.3 is 11.5 Å². The minimum atomic E-state index is -0.546. The summed E-state index contributed by atoms with van der Waals surface area (Å²) in [7, 11) is 0. The van der Waals surface area contributed by atoms with Crippen LogP contribution in [0.1, 0.15) is 15.4 Å². The second-order valence-electron chi connectivity index (χ2n) is 4.26. The van der Waals surface area contributed by atoms with Crippen molar-refractivity contribution in [1.82, 2.24) is 15.0 Å². The number of carbonyl (C=O) groups is 1. The van der Waals surface area contributed by atoms with Crippen LogP contribution in [0.2, 0.25) is 0 Å². The summed E-state index contributed by atoms with van der Waals surface area (Å²) in [6, 6.07) is 3.65. The molecule has 3 aromatic rings. The van der Waals surface area contributed by atoms with Crippen molar-refractivity contribution >= 4 is 33.1 Å². The number of aromatic nitrogens is 3. The molecule has 0 aromatic carbocycles. The minimum absolute atomic E-state index is 0.323. The Kier molecular flexibility index (Phi) is 2.83. The summed E-state index contributed by atoms with van der Waals surface area (Å²) in [4.78, 5) is 25.2. The topological polar surface area (TPSA) is 108 Å². The Bertz CT molecular complexity index is 812. The van der Waals surface area contributed by atoms with Crippen molar-refractivity contribution in [3.05, 3.63) is 35.1 Å². The van der Waals surface area contributed by atoms with Gasteiger partial charge in [-0.15, -0.1) is 11.3 Å². The van der Waals surface area contributed by atoms with Gasteiger partial charge in [0.1, 0.15) is 9.71 Å². The lowest BCUT2D eigenvalue weighted by atomic mass is 10.2. The first kappa shape index (κ1) is 12.5. The number of fused-ring (bicyclic) bond motifs is 1. The number of rotatable bonds is 2. The van der Waals surface area contributed by atoms with Gasteiger partial charge in [-0.1, -0.05) is 0 Å². The highest BCUT2D eigenvalue weighted by Crippen LogP contribution is 2.34. The average molecular weight is 285 g/mol. The first-order valence-electron chi connectivity index (χ1n) is 5.84. The van der Waals surface area contributed by atoms with Crippen LogP contribution in [0.4, 0.5) is 5.69 Å². The van der Waals surface area contributed by atoms with E-state index in [9.17, 15) is 4.79 Å². The zero-order chi connectivity index (χ0) is 14.3. The van der Waals surface area contributed by atoms with E-state index in [1.165, 1.54) is 11.3 Å².